The maximum absolute atomic E-state index is 9.69. The van der Waals surface area contributed by atoms with Crippen molar-refractivity contribution in [2.24, 2.45) is 0 Å². The standard InChI is InChI=1S/C14H13N3O3S/c1-2-12-16-17-9(6-18)13(15-14(17)21-12)8-3-4-10-11(5-8)20-7-19-10/h3-5,18H,2,6-7H2,1H3. The number of nitrogens with zero attached hydrogens (tertiary/aromatic N) is 3. The summed E-state index contributed by atoms with van der Waals surface area (Å²) in [7, 11) is 0. The van der Waals surface area contributed by atoms with Crippen LogP contribution in [0.1, 0.15) is 17.6 Å². The molecule has 6 nitrogen and oxygen atoms in total. The van der Waals surface area contributed by atoms with E-state index < -0.39 is 0 Å². The molecular formula is C14H13N3O3S. The molecular weight excluding hydrogens is 290 g/mol. The third kappa shape index (κ3) is 1.89. The predicted octanol–water partition coefficient (Wildman–Crippen LogP) is 2.24. The lowest BCUT2D eigenvalue weighted by atomic mass is 10.1. The van der Waals surface area contributed by atoms with Gasteiger partial charge < -0.3 is 14.6 Å². The second kappa shape index (κ2) is 4.71. The van der Waals surface area contributed by atoms with Gasteiger partial charge in [0.15, 0.2) is 11.5 Å². The number of aliphatic hydroxyl groups is 1. The molecule has 1 aromatic carbocycles. The fraction of sp³-hybridized carbons (Fsp3) is 0.286. The van der Waals surface area contributed by atoms with Gasteiger partial charge in [0.25, 0.3) is 0 Å². The highest BCUT2D eigenvalue weighted by Crippen LogP contribution is 2.37. The first kappa shape index (κ1) is 12.6. The Balaban J connectivity index is 1.87. The lowest BCUT2D eigenvalue weighted by Gasteiger charge is -2.02. The number of ether oxygens (including phenoxy) is 2. The van der Waals surface area contributed by atoms with E-state index in [1.54, 1.807) is 15.9 Å². The maximum Gasteiger partial charge on any atom is 0.231 e. The van der Waals surface area contributed by atoms with E-state index in [1.807, 2.05) is 18.2 Å². The minimum atomic E-state index is -0.113. The molecule has 0 saturated heterocycles. The quantitative estimate of drug-likeness (QED) is 0.803. The minimum absolute atomic E-state index is 0.113. The van der Waals surface area contributed by atoms with Gasteiger partial charge in [-0.15, -0.1) is 0 Å². The molecule has 0 bridgehead atoms. The minimum Gasteiger partial charge on any atom is -0.454 e. The summed E-state index contributed by atoms with van der Waals surface area (Å²) in [6, 6.07) is 5.66. The first-order valence-electron chi connectivity index (χ1n) is 6.68. The Bertz CT molecular complexity index is 824. The Kier molecular flexibility index (Phi) is 2.83. The second-order valence-electron chi connectivity index (χ2n) is 4.68. The van der Waals surface area contributed by atoms with Crippen LogP contribution in [0.2, 0.25) is 0 Å². The van der Waals surface area contributed by atoms with Crippen molar-refractivity contribution in [2.45, 2.75) is 20.0 Å². The van der Waals surface area contributed by atoms with Gasteiger partial charge in [-0.1, -0.05) is 18.3 Å². The highest BCUT2D eigenvalue weighted by molar-refractivity contribution is 7.16. The fourth-order valence-corrected chi connectivity index (χ4v) is 3.24. The number of benzene rings is 1. The van der Waals surface area contributed by atoms with Gasteiger partial charge in [-0.05, 0) is 24.6 Å². The summed E-state index contributed by atoms with van der Waals surface area (Å²) in [5.74, 6) is 1.44. The lowest BCUT2D eigenvalue weighted by molar-refractivity contribution is 0.174. The molecule has 0 unspecified atom stereocenters. The third-order valence-electron chi connectivity index (χ3n) is 3.44. The molecule has 0 spiro atoms. The van der Waals surface area contributed by atoms with Gasteiger partial charge in [-0.2, -0.15) is 5.10 Å². The van der Waals surface area contributed by atoms with Gasteiger partial charge in [0.1, 0.15) is 5.01 Å². The second-order valence-corrected chi connectivity index (χ2v) is 5.72. The van der Waals surface area contributed by atoms with Crippen LogP contribution in [-0.2, 0) is 13.0 Å². The smallest absolute Gasteiger partial charge is 0.231 e. The Morgan fingerprint density at radius 1 is 1.33 bits per heavy atom. The molecule has 2 aromatic heterocycles. The SMILES string of the molecule is CCc1nn2c(CO)c(-c3ccc4c(c3)OCO4)nc2s1. The third-order valence-corrected chi connectivity index (χ3v) is 4.49. The normalized spacial score (nSPS) is 13.2. The molecule has 1 aliphatic rings. The molecule has 7 heteroatoms. The molecule has 1 N–H and O–H groups in total. The van der Waals surface area contributed by atoms with E-state index in [1.165, 1.54) is 0 Å². The average Bonchev–Trinajstić information content (AvgIpc) is 3.19. The van der Waals surface area contributed by atoms with Crippen molar-refractivity contribution < 1.29 is 14.6 Å². The van der Waals surface area contributed by atoms with Gasteiger partial charge in [0, 0.05) is 5.56 Å². The molecule has 1 aliphatic heterocycles. The van der Waals surface area contributed by atoms with Crippen LogP contribution in [0, 0.1) is 0 Å². The van der Waals surface area contributed by atoms with Gasteiger partial charge in [0.05, 0.1) is 18.0 Å². The van der Waals surface area contributed by atoms with Crippen LogP contribution in [0.25, 0.3) is 16.2 Å². The van der Waals surface area contributed by atoms with Crippen LogP contribution in [0.15, 0.2) is 18.2 Å². The first-order valence-corrected chi connectivity index (χ1v) is 7.50. The van der Waals surface area contributed by atoms with Crippen molar-refractivity contribution in [1.29, 1.82) is 0 Å². The molecule has 0 radical (unpaired) electrons. The van der Waals surface area contributed by atoms with Gasteiger partial charge in [-0.25, -0.2) is 9.50 Å². The van der Waals surface area contributed by atoms with Crippen molar-refractivity contribution >= 4 is 16.3 Å². The molecule has 0 atom stereocenters. The van der Waals surface area contributed by atoms with E-state index in [0.29, 0.717) is 11.4 Å². The number of fused-ring (bicyclic) bond motifs is 2. The van der Waals surface area contributed by atoms with E-state index in [0.717, 1.165) is 33.4 Å². The fourth-order valence-electron chi connectivity index (χ4n) is 2.39. The monoisotopic (exact) mass is 303 g/mol. The Hall–Kier alpha value is -2.12. The number of rotatable bonds is 3. The number of aliphatic hydroxyl groups excluding tert-OH is 1. The van der Waals surface area contributed by atoms with Crippen LogP contribution < -0.4 is 9.47 Å². The number of aryl methyl sites for hydroxylation is 1. The van der Waals surface area contributed by atoms with Crippen LogP contribution >= 0.6 is 11.3 Å². The lowest BCUT2D eigenvalue weighted by Crippen LogP contribution is -1.96. The summed E-state index contributed by atoms with van der Waals surface area (Å²) < 4.78 is 12.4. The maximum atomic E-state index is 9.69. The van der Waals surface area contributed by atoms with Crippen molar-refractivity contribution in [2.75, 3.05) is 6.79 Å². The predicted molar refractivity (Wildman–Crippen MR) is 77.7 cm³/mol. The number of hydrogen-bond donors (Lipinski definition) is 1. The molecule has 3 heterocycles. The summed E-state index contributed by atoms with van der Waals surface area (Å²) in [4.78, 5) is 5.41. The molecule has 0 fully saturated rings. The Labute approximate surface area is 124 Å². The van der Waals surface area contributed by atoms with Crippen LogP contribution in [-0.4, -0.2) is 26.5 Å². The summed E-state index contributed by atoms with van der Waals surface area (Å²) in [5.41, 5.74) is 2.32. The van der Waals surface area contributed by atoms with Gasteiger partial charge >= 0.3 is 0 Å². The zero-order chi connectivity index (χ0) is 14.4. The Morgan fingerprint density at radius 3 is 3.00 bits per heavy atom. The molecule has 4 rings (SSSR count). The molecule has 108 valence electrons. The highest BCUT2D eigenvalue weighted by atomic mass is 32.1. The zero-order valence-corrected chi connectivity index (χ0v) is 12.2. The van der Waals surface area contributed by atoms with Crippen LogP contribution in [0.5, 0.6) is 11.5 Å². The van der Waals surface area contributed by atoms with E-state index in [9.17, 15) is 5.11 Å². The molecule has 0 aliphatic carbocycles. The first-order chi connectivity index (χ1) is 10.3. The van der Waals surface area contributed by atoms with Crippen LogP contribution in [0.4, 0.5) is 0 Å². The Morgan fingerprint density at radius 2 is 2.19 bits per heavy atom. The van der Waals surface area contributed by atoms with E-state index in [4.69, 9.17) is 9.47 Å². The summed E-state index contributed by atoms with van der Waals surface area (Å²) in [6.07, 6.45) is 0.859. The van der Waals surface area contributed by atoms with E-state index in [2.05, 4.69) is 17.0 Å². The summed E-state index contributed by atoms with van der Waals surface area (Å²) in [6.45, 7) is 2.18. The number of imidazole rings is 1. The summed E-state index contributed by atoms with van der Waals surface area (Å²) in [5, 5.41) is 15.2. The van der Waals surface area contributed by atoms with Gasteiger partial charge in [0.2, 0.25) is 11.8 Å². The zero-order valence-electron chi connectivity index (χ0n) is 11.4. The topological polar surface area (TPSA) is 68.9 Å². The molecule has 0 amide bonds. The largest absolute Gasteiger partial charge is 0.454 e. The van der Waals surface area contributed by atoms with Crippen molar-refractivity contribution in [1.82, 2.24) is 14.6 Å². The molecule has 21 heavy (non-hydrogen) atoms. The van der Waals surface area contributed by atoms with Crippen molar-refractivity contribution in [3.05, 3.63) is 28.9 Å². The number of hydrogen-bond acceptors (Lipinski definition) is 6. The van der Waals surface area contributed by atoms with E-state index in [-0.39, 0.29) is 13.4 Å². The van der Waals surface area contributed by atoms with Crippen LogP contribution in [0.3, 0.4) is 0 Å². The van der Waals surface area contributed by atoms with Gasteiger partial charge in [-0.3, -0.25) is 0 Å². The number of aromatic nitrogens is 3. The van der Waals surface area contributed by atoms with Crippen molar-refractivity contribution in [3.8, 4) is 22.8 Å². The summed E-state index contributed by atoms with van der Waals surface area (Å²) >= 11 is 1.54. The molecule has 0 saturated carbocycles. The molecule has 3 aromatic rings. The van der Waals surface area contributed by atoms with Crippen molar-refractivity contribution in [3.63, 3.8) is 0 Å². The highest BCUT2D eigenvalue weighted by Gasteiger charge is 2.20. The van der Waals surface area contributed by atoms with E-state index >= 15 is 0 Å². The average molecular weight is 303 g/mol.